The molecule has 0 saturated carbocycles. The van der Waals surface area contributed by atoms with Gasteiger partial charge in [0.1, 0.15) is 0 Å². The minimum atomic E-state index is -3.64. The van der Waals surface area contributed by atoms with Crippen LogP contribution in [0.5, 0.6) is 0 Å². The van der Waals surface area contributed by atoms with Gasteiger partial charge in [-0.2, -0.15) is 0 Å². The summed E-state index contributed by atoms with van der Waals surface area (Å²) >= 11 is 0. The maximum absolute atomic E-state index is 11.1. The minimum Gasteiger partial charge on any atom is -0.398 e. The molecule has 0 aliphatic rings. The van der Waals surface area contributed by atoms with Crippen molar-refractivity contribution in [3.05, 3.63) is 29.8 Å². The van der Waals surface area contributed by atoms with Crippen molar-refractivity contribution < 1.29 is 17.3 Å². The average molecular weight is 309 g/mol. The van der Waals surface area contributed by atoms with Crippen molar-refractivity contribution in [2.45, 2.75) is 23.9 Å². The Morgan fingerprint density at radius 3 is 2.06 bits per heavy atom. The van der Waals surface area contributed by atoms with Crippen LogP contribution < -0.4 is 0 Å². The van der Waals surface area contributed by atoms with Crippen LogP contribution >= 0.6 is 10.7 Å². The van der Waals surface area contributed by atoms with Crippen LogP contribution in [0.4, 0.5) is 0 Å². The predicted octanol–water partition coefficient (Wildman–Crippen LogP) is 2.52. The van der Waals surface area contributed by atoms with Gasteiger partial charge in [-0.05, 0) is 36.7 Å². The lowest BCUT2D eigenvalue weighted by Gasteiger charge is -2.22. The number of hydrogen-bond acceptors (Lipinski definition) is 4. The second kappa shape index (κ2) is 6.16. The van der Waals surface area contributed by atoms with E-state index in [1.54, 1.807) is 26.4 Å². The summed E-state index contributed by atoms with van der Waals surface area (Å²) in [5, 5.41) is 0. The first-order valence-corrected chi connectivity index (χ1v) is 10.3. The lowest BCUT2D eigenvalue weighted by Crippen LogP contribution is -2.36. The Hall–Kier alpha value is -0.403. The molecule has 102 valence electrons. The Kier molecular flexibility index (Phi) is 5.36. The second-order valence-electron chi connectivity index (χ2n) is 4.12. The van der Waals surface area contributed by atoms with Crippen molar-refractivity contribution in [1.29, 1.82) is 0 Å². The van der Waals surface area contributed by atoms with Crippen molar-refractivity contribution in [3.63, 3.8) is 0 Å². The maximum Gasteiger partial charge on any atom is 0.334 e. The topological polar surface area (TPSA) is 52.6 Å². The van der Waals surface area contributed by atoms with E-state index in [1.165, 1.54) is 12.1 Å². The predicted molar refractivity (Wildman–Crippen MR) is 73.6 cm³/mol. The van der Waals surface area contributed by atoms with E-state index in [0.29, 0.717) is 0 Å². The molecule has 0 N–H and O–H groups in total. The summed E-state index contributed by atoms with van der Waals surface area (Å²) in [7, 11) is 2.83. The Morgan fingerprint density at radius 1 is 1.17 bits per heavy atom. The molecule has 4 nitrogen and oxygen atoms in total. The zero-order valence-electron chi connectivity index (χ0n) is 10.6. The first-order chi connectivity index (χ1) is 8.30. The third kappa shape index (κ3) is 4.36. The number of aryl methyl sites for hydroxylation is 1. The summed E-state index contributed by atoms with van der Waals surface area (Å²) in [6, 6.07) is 7.35. The van der Waals surface area contributed by atoms with Crippen molar-refractivity contribution >= 4 is 28.3 Å². The zero-order valence-corrected chi connectivity index (χ0v) is 13.2. The molecule has 1 rings (SSSR count). The fourth-order valence-electron chi connectivity index (χ4n) is 1.48. The van der Waals surface area contributed by atoms with Crippen LogP contribution in [-0.4, -0.2) is 31.2 Å². The van der Waals surface area contributed by atoms with Gasteiger partial charge in [0.05, 0.1) is 4.90 Å². The van der Waals surface area contributed by atoms with Crippen LogP contribution in [-0.2, 0) is 24.3 Å². The van der Waals surface area contributed by atoms with Crippen LogP contribution in [0.25, 0.3) is 0 Å². The van der Waals surface area contributed by atoms with Gasteiger partial charge in [-0.3, -0.25) is 0 Å². The lowest BCUT2D eigenvalue weighted by atomic mass is 10.2. The van der Waals surface area contributed by atoms with E-state index in [1.807, 2.05) is 6.55 Å². The fourth-order valence-corrected chi connectivity index (χ4v) is 3.57. The summed E-state index contributed by atoms with van der Waals surface area (Å²) < 4.78 is 32.9. The molecule has 0 atom stereocenters. The van der Waals surface area contributed by atoms with E-state index in [2.05, 4.69) is 0 Å². The Labute approximate surface area is 114 Å². The van der Waals surface area contributed by atoms with Crippen LogP contribution in [0.1, 0.15) is 5.56 Å². The van der Waals surface area contributed by atoms with E-state index < -0.39 is 17.6 Å². The average Bonchev–Trinajstić information content (AvgIpc) is 2.35. The van der Waals surface area contributed by atoms with Gasteiger partial charge in [0.2, 0.25) is 0 Å². The van der Waals surface area contributed by atoms with Crippen LogP contribution in [0.2, 0.25) is 12.6 Å². The van der Waals surface area contributed by atoms with Crippen LogP contribution in [0, 0.1) is 0 Å². The molecule has 0 bridgehead atoms. The van der Waals surface area contributed by atoms with Gasteiger partial charge < -0.3 is 8.85 Å². The SMILES string of the molecule is CO[Si](C)(CCc1ccc(S(=O)(=O)Cl)cc1)OC. The third-order valence-corrected chi connectivity index (χ3v) is 7.19. The number of hydrogen-bond donors (Lipinski definition) is 0. The Balaban J connectivity index is 2.71. The fraction of sp³-hybridized carbons (Fsp3) is 0.455. The standard InChI is InChI=1S/C11H17ClO4SSi/c1-15-18(3,16-2)9-8-10-4-6-11(7-5-10)17(12,13)14/h4-7H,8-9H2,1-3H3. The van der Waals surface area contributed by atoms with Crippen molar-refractivity contribution in [1.82, 2.24) is 0 Å². The Bertz CT molecular complexity index is 482. The molecule has 1 aromatic rings. The molecule has 7 heteroatoms. The Morgan fingerprint density at radius 2 is 1.67 bits per heavy atom. The van der Waals surface area contributed by atoms with Gasteiger partial charge >= 0.3 is 8.56 Å². The van der Waals surface area contributed by atoms with Crippen LogP contribution in [0.3, 0.4) is 0 Å². The van der Waals surface area contributed by atoms with E-state index >= 15 is 0 Å². The quantitative estimate of drug-likeness (QED) is 0.598. The summed E-state index contributed by atoms with van der Waals surface area (Å²) in [6.45, 7) is 1.99. The van der Waals surface area contributed by atoms with Gasteiger partial charge in [0.15, 0.2) is 0 Å². The highest BCUT2D eigenvalue weighted by atomic mass is 35.7. The highest BCUT2D eigenvalue weighted by Crippen LogP contribution is 2.19. The third-order valence-electron chi connectivity index (χ3n) is 2.94. The van der Waals surface area contributed by atoms with Crippen molar-refractivity contribution in [2.24, 2.45) is 0 Å². The lowest BCUT2D eigenvalue weighted by molar-refractivity contribution is 0.249. The molecule has 0 aromatic heterocycles. The monoisotopic (exact) mass is 308 g/mol. The summed E-state index contributed by atoms with van der Waals surface area (Å²) in [6.07, 6.45) is 0.785. The molecule has 0 heterocycles. The van der Waals surface area contributed by atoms with Crippen molar-refractivity contribution in [2.75, 3.05) is 14.2 Å². The van der Waals surface area contributed by atoms with Gasteiger partial charge in [-0.1, -0.05) is 12.1 Å². The maximum atomic E-state index is 11.1. The molecule has 0 unspecified atom stereocenters. The first-order valence-electron chi connectivity index (χ1n) is 5.44. The highest BCUT2D eigenvalue weighted by Gasteiger charge is 2.28. The van der Waals surface area contributed by atoms with Gasteiger partial charge in [0.25, 0.3) is 9.05 Å². The number of benzene rings is 1. The second-order valence-corrected chi connectivity index (χ2v) is 10.3. The minimum absolute atomic E-state index is 0.117. The molecule has 0 radical (unpaired) electrons. The number of halogens is 1. The normalized spacial score (nSPS) is 12.7. The molecule has 0 fully saturated rings. The van der Waals surface area contributed by atoms with Crippen molar-refractivity contribution in [3.8, 4) is 0 Å². The molecule has 0 amide bonds. The first kappa shape index (κ1) is 15.7. The van der Waals surface area contributed by atoms with Gasteiger partial charge in [0, 0.05) is 24.9 Å². The molecular weight excluding hydrogens is 292 g/mol. The summed E-state index contributed by atoms with van der Waals surface area (Å²) in [4.78, 5) is 0.117. The molecule has 0 spiro atoms. The largest absolute Gasteiger partial charge is 0.398 e. The molecule has 1 aromatic carbocycles. The summed E-state index contributed by atoms with van der Waals surface area (Å²) in [5.41, 5.74) is 1.03. The summed E-state index contributed by atoms with van der Waals surface area (Å²) in [5.74, 6) is 0. The molecular formula is C11H17ClO4SSi. The van der Waals surface area contributed by atoms with E-state index in [0.717, 1.165) is 18.0 Å². The molecule has 18 heavy (non-hydrogen) atoms. The van der Waals surface area contributed by atoms with E-state index in [-0.39, 0.29) is 4.90 Å². The smallest absolute Gasteiger partial charge is 0.334 e. The van der Waals surface area contributed by atoms with E-state index in [4.69, 9.17) is 19.5 Å². The van der Waals surface area contributed by atoms with E-state index in [9.17, 15) is 8.42 Å². The molecule has 0 aliphatic heterocycles. The van der Waals surface area contributed by atoms with Gasteiger partial charge in [-0.25, -0.2) is 8.42 Å². The molecule has 0 saturated heterocycles. The number of rotatable bonds is 6. The highest BCUT2D eigenvalue weighted by molar-refractivity contribution is 8.13. The van der Waals surface area contributed by atoms with Crippen LogP contribution in [0.15, 0.2) is 29.2 Å². The molecule has 0 aliphatic carbocycles. The zero-order chi connectivity index (χ0) is 13.8. The van der Waals surface area contributed by atoms with Gasteiger partial charge in [-0.15, -0.1) is 0 Å².